The summed E-state index contributed by atoms with van der Waals surface area (Å²) in [5.74, 6) is 1.63. The lowest BCUT2D eigenvalue weighted by Crippen LogP contribution is -2.14. The molecule has 0 aromatic heterocycles. The zero-order valence-electron chi connectivity index (χ0n) is 14.9. The maximum absolute atomic E-state index is 12.7. The lowest BCUT2D eigenvalue weighted by molar-refractivity contribution is 0.210. The molecule has 7 heteroatoms. The summed E-state index contributed by atoms with van der Waals surface area (Å²) < 4.78 is 44.1. The summed E-state index contributed by atoms with van der Waals surface area (Å²) in [6, 6.07) is 11.4. The molecule has 0 bridgehead atoms. The largest absolute Gasteiger partial charge is 0.497 e. The summed E-state index contributed by atoms with van der Waals surface area (Å²) in [4.78, 5) is 0.154. The van der Waals surface area contributed by atoms with Gasteiger partial charge in [0.15, 0.2) is 0 Å². The van der Waals surface area contributed by atoms with E-state index in [4.69, 9.17) is 14.2 Å². The molecular weight excluding hydrogens is 354 g/mol. The van der Waals surface area contributed by atoms with Crippen molar-refractivity contribution in [3.63, 3.8) is 0 Å². The molecule has 0 atom stereocenters. The van der Waals surface area contributed by atoms with E-state index in [0.717, 1.165) is 12.8 Å². The van der Waals surface area contributed by atoms with Gasteiger partial charge in [0, 0.05) is 6.07 Å². The predicted octanol–water partition coefficient (Wildman–Crippen LogP) is 3.83. The van der Waals surface area contributed by atoms with Gasteiger partial charge in [-0.2, -0.15) is 0 Å². The minimum atomic E-state index is -3.76. The van der Waals surface area contributed by atoms with Crippen LogP contribution in [0.1, 0.15) is 25.7 Å². The van der Waals surface area contributed by atoms with Crippen molar-refractivity contribution in [1.82, 2.24) is 0 Å². The van der Waals surface area contributed by atoms with Crippen LogP contribution >= 0.6 is 0 Å². The molecule has 2 aromatic rings. The number of methoxy groups -OCH3 is 2. The fourth-order valence-corrected chi connectivity index (χ4v) is 4.05. The molecule has 1 N–H and O–H groups in total. The van der Waals surface area contributed by atoms with Crippen molar-refractivity contribution in [2.24, 2.45) is 0 Å². The first-order valence-electron chi connectivity index (χ1n) is 8.53. The van der Waals surface area contributed by atoms with E-state index in [1.807, 2.05) is 0 Å². The number of benzene rings is 2. The predicted molar refractivity (Wildman–Crippen MR) is 99.7 cm³/mol. The van der Waals surface area contributed by atoms with Crippen LogP contribution in [0.2, 0.25) is 0 Å². The highest BCUT2D eigenvalue weighted by atomic mass is 32.2. The Morgan fingerprint density at radius 3 is 2.19 bits per heavy atom. The molecule has 1 fully saturated rings. The molecule has 0 amide bonds. The van der Waals surface area contributed by atoms with Crippen LogP contribution < -0.4 is 18.9 Å². The van der Waals surface area contributed by atoms with Gasteiger partial charge in [-0.1, -0.05) is 0 Å². The van der Waals surface area contributed by atoms with E-state index < -0.39 is 10.0 Å². The molecule has 1 aliphatic rings. The van der Waals surface area contributed by atoms with Gasteiger partial charge in [-0.25, -0.2) is 8.42 Å². The molecule has 3 rings (SSSR count). The topological polar surface area (TPSA) is 73.9 Å². The molecule has 6 nitrogen and oxygen atoms in total. The van der Waals surface area contributed by atoms with E-state index in [2.05, 4.69) is 4.72 Å². The van der Waals surface area contributed by atoms with Crippen molar-refractivity contribution in [1.29, 1.82) is 0 Å². The highest BCUT2D eigenvalue weighted by Gasteiger charge is 2.19. The van der Waals surface area contributed by atoms with E-state index in [1.165, 1.54) is 27.1 Å². The first kappa shape index (κ1) is 18.4. The smallest absolute Gasteiger partial charge is 0.262 e. The molecule has 0 unspecified atom stereocenters. The van der Waals surface area contributed by atoms with E-state index in [1.54, 1.807) is 42.5 Å². The Kier molecular flexibility index (Phi) is 5.56. The molecule has 26 heavy (non-hydrogen) atoms. The molecule has 0 saturated heterocycles. The van der Waals surface area contributed by atoms with Crippen LogP contribution in [0, 0.1) is 0 Å². The lowest BCUT2D eigenvalue weighted by atomic mass is 10.3. The Balaban J connectivity index is 1.77. The Hall–Kier alpha value is -2.41. The number of nitrogens with one attached hydrogen (secondary N) is 1. The van der Waals surface area contributed by atoms with Gasteiger partial charge in [0.1, 0.15) is 17.2 Å². The number of ether oxygens (including phenoxy) is 3. The van der Waals surface area contributed by atoms with Gasteiger partial charge in [0.2, 0.25) is 0 Å². The summed E-state index contributed by atoms with van der Waals surface area (Å²) in [6.07, 6.45) is 4.71. The van der Waals surface area contributed by atoms with Crippen LogP contribution in [0.15, 0.2) is 47.4 Å². The van der Waals surface area contributed by atoms with E-state index in [9.17, 15) is 8.42 Å². The van der Waals surface area contributed by atoms with E-state index in [0.29, 0.717) is 22.9 Å². The van der Waals surface area contributed by atoms with Gasteiger partial charge in [-0.05, 0) is 62.1 Å². The van der Waals surface area contributed by atoms with Crippen molar-refractivity contribution in [3.8, 4) is 17.2 Å². The average Bonchev–Trinajstić information content (AvgIpc) is 3.15. The molecule has 0 radical (unpaired) electrons. The van der Waals surface area contributed by atoms with Crippen molar-refractivity contribution in [2.45, 2.75) is 36.7 Å². The summed E-state index contributed by atoms with van der Waals surface area (Å²) >= 11 is 0. The summed E-state index contributed by atoms with van der Waals surface area (Å²) in [7, 11) is -0.758. The average molecular weight is 377 g/mol. The molecule has 0 spiro atoms. The zero-order chi connectivity index (χ0) is 18.6. The Morgan fingerprint density at radius 1 is 0.923 bits per heavy atom. The highest BCUT2D eigenvalue weighted by Crippen LogP contribution is 2.31. The van der Waals surface area contributed by atoms with Crippen molar-refractivity contribution in [2.75, 3.05) is 18.9 Å². The second kappa shape index (κ2) is 7.86. The number of hydrogen-bond acceptors (Lipinski definition) is 5. The van der Waals surface area contributed by atoms with Crippen LogP contribution in [-0.4, -0.2) is 28.7 Å². The third kappa shape index (κ3) is 4.22. The molecule has 0 aliphatic heterocycles. The van der Waals surface area contributed by atoms with E-state index in [-0.39, 0.29) is 11.0 Å². The van der Waals surface area contributed by atoms with Crippen molar-refractivity contribution in [3.05, 3.63) is 42.5 Å². The molecule has 0 heterocycles. The van der Waals surface area contributed by atoms with Crippen LogP contribution in [0.25, 0.3) is 0 Å². The normalized spacial score (nSPS) is 14.8. The van der Waals surface area contributed by atoms with Gasteiger partial charge in [-0.15, -0.1) is 0 Å². The van der Waals surface area contributed by atoms with Gasteiger partial charge >= 0.3 is 0 Å². The maximum atomic E-state index is 12.7. The molecule has 1 aliphatic carbocycles. The Labute approximate surface area is 154 Å². The quantitative estimate of drug-likeness (QED) is 0.794. The number of rotatable bonds is 7. The highest BCUT2D eigenvalue weighted by molar-refractivity contribution is 7.92. The van der Waals surface area contributed by atoms with E-state index >= 15 is 0 Å². The molecule has 2 aromatic carbocycles. The first-order chi connectivity index (χ1) is 12.5. The number of sulfonamides is 1. The maximum Gasteiger partial charge on any atom is 0.262 e. The Morgan fingerprint density at radius 2 is 1.58 bits per heavy atom. The van der Waals surface area contributed by atoms with Gasteiger partial charge in [-0.3, -0.25) is 4.72 Å². The number of hydrogen-bond donors (Lipinski definition) is 1. The zero-order valence-corrected chi connectivity index (χ0v) is 15.7. The summed E-state index contributed by atoms with van der Waals surface area (Å²) in [5, 5.41) is 0. The van der Waals surface area contributed by atoms with Crippen LogP contribution in [-0.2, 0) is 10.0 Å². The van der Waals surface area contributed by atoms with Gasteiger partial charge in [0.05, 0.1) is 30.9 Å². The molecule has 1 saturated carbocycles. The van der Waals surface area contributed by atoms with Crippen LogP contribution in [0.4, 0.5) is 5.69 Å². The molecule has 140 valence electrons. The third-order valence-electron chi connectivity index (χ3n) is 4.39. The molecular formula is C19H23NO5S. The monoisotopic (exact) mass is 377 g/mol. The minimum absolute atomic E-state index is 0.154. The SMILES string of the molecule is COc1ccc(OC)c(NS(=O)(=O)c2ccc(OC3CCCC3)cc2)c1. The fourth-order valence-electron chi connectivity index (χ4n) is 2.99. The van der Waals surface area contributed by atoms with Crippen molar-refractivity contribution < 1.29 is 22.6 Å². The second-order valence-electron chi connectivity index (χ2n) is 6.17. The lowest BCUT2D eigenvalue weighted by Gasteiger charge is -2.15. The van der Waals surface area contributed by atoms with Crippen LogP contribution in [0.5, 0.6) is 17.2 Å². The van der Waals surface area contributed by atoms with Crippen molar-refractivity contribution >= 4 is 15.7 Å². The minimum Gasteiger partial charge on any atom is -0.497 e. The summed E-state index contributed by atoms with van der Waals surface area (Å²) in [5.41, 5.74) is 0.318. The number of anilines is 1. The standard InChI is InChI=1S/C19H23NO5S/c1-23-16-9-12-19(24-2)18(13-16)20-26(21,22)17-10-7-15(8-11-17)25-14-5-3-4-6-14/h7-14,20H,3-6H2,1-2H3. The third-order valence-corrected chi connectivity index (χ3v) is 5.77. The van der Waals surface area contributed by atoms with Crippen LogP contribution in [0.3, 0.4) is 0 Å². The second-order valence-corrected chi connectivity index (χ2v) is 7.85. The summed E-state index contributed by atoms with van der Waals surface area (Å²) in [6.45, 7) is 0. The van der Waals surface area contributed by atoms with Gasteiger partial charge < -0.3 is 14.2 Å². The Bertz CT molecular complexity index is 843. The van der Waals surface area contributed by atoms with Gasteiger partial charge in [0.25, 0.3) is 10.0 Å². The first-order valence-corrected chi connectivity index (χ1v) is 10.0. The fraction of sp³-hybridized carbons (Fsp3) is 0.368.